The fourth-order valence-corrected chi connectivity index (χ4v) is 4.90. The van der Waals surface area contributed by atoms with E-state index >= 15 is 0 Å². The number of rotatable bonds is 8. The van der Waals surface area contributed by atoms with E-state index in [2.05, 4.69) is 5.32 Å². The number of morpholine rings is 1. The molecular weight excluding hydrogens is 432 g/mol. The molecule has 1 aliphatic rings. The van der Waals surface area contributed by atoms with Crippen LogP contribution in [0.2, 0.25) is 0 Å². The number of hydrogen-bond donors (Lipinski definition) is 1. The molecule has 32 heavy (non-hydrogen) atoms. The third kappa shape index (κ3) is 5.73. The minimum atomic E-state index is -3.76. The zero-order chi connectivity index (χ0) is 23.1. The smallest absolute Gasteiger partial charge is 0.328 e. The summed E-state index contributed by atoms with van der Waals surface area (Å²) in [4.78, 5) is 25.6. The number of carbonyl (C=O) groups excluding carboxylic acids is 2. The van der Waals surface area contributed by atoms with Gasteiger partial charge in [0.05, 0.1) is 24.7 Å². The molecule has 0 saturated carbocycles. The maximum atomic E-state index is 13.1. The monoisotopic (exact) mass is 460 g/mol. The van der Waals surface area contributed by atoms with Crippen LogP contribution >= 0.6 is 0 Å². The molecule has 3 rings (SSSR count). The fourth-order valence-electron chi connectivity index (χ4n) is 3.46. The van der Waals surface area contributed by atoms with Gasteiger partial charge in [0.1, 0.15) is 6.04 Å². The first kappa shape index (κ1) is 23.9. The Morgan fingerprint density at radius 3 is 2.47 bits per heavy atom. The predicted octanol–water partition coefficient (Wildman–Crippen LogP) is 1.92. The van der Waals surface area contributed by atoms with E-state index in [1.807, 2.05) is 30.3 Å². The number of aryl methyl sites for hydroxylation is 1. The van der Waals surface area contributed by atoms with E-state index in [0.717, 1.165) is 5.56 Å². The van der Waals surface area contributed by atoms with Crippen molar-refractivity contribution in [2.24, 2.45) is 0 Å². The van der Waals surface area contributed by atoms with Crippen LogP contribution in [0.15, 0.2) is 53.4 Å². The third-order valence-electron chi connectivity index (χ3n) is 5.22. The highest BCUT2D eigenvalue weighted by molar-refractivity contribution is 7.89. The van der Waals surface area contributed by atoms with E-state index in [-0.39, 0.29) is 36.6 Å². The zero-order valence-corrected chi connectivity index (χ0v) is 19.1. The van der Waals surface area contributed by atoms with Gasteiger partial charge in [-0.15, -0.1) is 0 Å². The molecule has 9 heteroatoms. The van der Waals surface area contributed by atoms with Crippen molar-refractivity contribution in [1.82, 2.24) is 9.62 Å². The molecule has 172 valence electrons. The summed E-state index contributed by atoms with van der Waals surface area (Å²) in [6.45, 7) is 4.80. The van der Waals surface area contributed by atoms with Crippen LogP contribution < -0.4 is 5.32 Å². The molecule has 1 saturated heterocycles. The lowest BCUT2D eigenvalue weighted by Gasteiger charge is -2.26. The second-order valence-corrected chi connectivity index (χ2v) is 9.40. The van der Waals surface area contributed by atoms with Gasteiger partial charge in [-0.05, 0) is 37.1 Å². The Balaban J connectivity index is 1.84. The van der Waals surface area contributed by atoms with Crippen molar-refractivity contribution in [1.29, 1.82) is 0 Å². The van der Waals surface area contributed by atoms with Crippen LogP contribution in [-0.2, 0) is 30.7 Å². The highest BCUT2D eigenvalue weighted by Gasteiger charge is 2.28. The Morgan fingerprint density at radius 1 is 1.12 bits per heavy atom. The number of carbonyl (C=O) groups is 2. The van der Waals surface area contributed by atoms with Crippen LogP contribution in [-0.4, -0.2) is 63.6 Å². The Kier molecular flexibility index (Phi) is 8.00. The molecule has 1 N–H and O–H groups in total. The topological polar surface area (TPSA) is 102 Å². The summed E-state index contributed by atoms with van der Waals surface area (Å²) in [5, 5.41) is 2.72. The molecule has 0 aromatic heterocycles. The summed E-state index contributed by atoms with van der Waals surface area (Å²) in [7, 11) is -3.76. The molecule has 2 aromatic rings. The van der Waals surface area contributed by atoms with Crippen molar-refractivity contribution < 1.29 is 27.5 Å². The molecule has 1 atom stereocenters. The van der Waals surface area contributed by atoms with Crippen LogP contribution in [0.1, 0.15) is 28.4 Å². The summed E-state index contributed by atoms with van der Waals surface area (Å²) in [5.74, 6) is -1.07. The number of nitrogens with one attached hydrogen (secondary N) is 1. The zero-order valence-electron chi connectivity index (χ0n) is 18.2. The van der Waals surface area contributed by atoms with Crippen LogP contribution in [0, 0.1) is 6.92 Å². The molecule has 1 fully saturated rings. The number of sulfonamides is 1. The van der Waals surface area contributed by atoms with Crippen molar-refractivity contribution in [3.63, 3.8) is 0 Å². The summed E-state index contributed by atoms with van der Waals surface area (Å²) < 4.78 is 37.7. The van der Waals surface area contributed by atoms with Gasteiger partial charge >= 0.3 is 5.97 Å². The molecule has 1 amide bonds. The first-order valence-electron chi connectivity index (χ1n) is 10.5. The van der Waals surface area contributed by atoms with Crippen molar-refractivity contribution in [2.45, 2.75) is 31.2 Å². The lowest BCUT2D eigenvalue weighted by Crippen LogP contribution is -2.43. The number of esters is 1. The van der Waals surface area contributed by atoms with Crippen molar-refractivity contribution in [2.75, 3.05) is 32.9 Å². The van der Waals surface area contributed by atoms with Crippen molar-refractivity contribution in [3.8, 4) is 0 Å². The lowest BCUT2D eigenvalue weighted by molar-refractivity contribution is -0.145. The van der Waals surface area contributed by atoms with Crippen molar-refractivity contribution >= 4 is 21.9 Å². The molecule has 1 unspecified atom stereocenters. The van der Waals surface area contributed by atoms with Gasteiger partial charge in [0.25, 0.3) is 5.91 Å². The summed E-state index contributed by atoms with van der Waals surface area (Å²) >= 11 is 0. The van der Waals surface area contributed by atoms with Gasteiger partial charge in [0.2, 0.25) is 10.0 Å². The Hall–Kier alpha value is -2.75. The van der Waals surface area contributed by atoms with Crippen LogP contribution in [0.4, 0.5) is 0 Å². The largest absolute Gasteiger partial charge is 0.464 e. The normalized spacial score (nSPS) is 15.7. The van der Waals surface area contributed by atoms with Crippen LogP contribution in [0.5, 0.6) is 0 Å². The van der Waals surface area contributed by atoms with E-state index < -0.39 is 27.9 Å². The molecule has 1 aliphatic heterocycles. The highest BCUT2D eigenvalue weighted by Crippen LogP contribution is 2.21. The number of amides is 1. The quantitative estimate of drug-likeness (QED) is 0.604. The number of nitrogens with zero attached hydrogens (tertiary/aromatic N) is 1. The average Bonchev–Trinajstić information content (AvgIpc) is 2.80. The maximum absolute atomic E-state index is 13.1. The standard InChI is InChI=1S/C23H28N2O6S/c1-3-31-23(27)21(15-18-7-5-4-6-8-18)24-22(26)20-16-19(10-9-17(20)2)32(28,29)25-11-13-30-14-12-25/h4-10,16,21H,3,11-15H2,1-2H3,(H,24,26). The van der Waals surface area contributed by atoms with E-state index in [1.54, 1.807) is 19.9 Å². The summed E-state index contributed by atoms with van der Waals surface area (Å²) in [5.41, 5.74) is 1.67. The number of ether oxygens (including phenoxy) is 2. The number of benzene rings is 2. The summed E-state index contributed by atoms with van der Waals surface area (Å²) in [6, 6.07) is 12.8. The van der Waals surface area contributed by atoms with E-state index in [0.29, 0.717) is 18.8 Å². The van der Waals surface area contributed by atoms with Gasteiger partial charge in [-0.1, -0.05) is 36.4 Å². The number of hydrogen-bond acceptors (Lipinski definition) is 6. The second kappa shape index (κ2) is 10.7. The molecule has 0 aliphatic carbocycles. The molecular formula is C23H28N2O6S. The van der Waals surface area contributed by atoms with Gasteiger partial charge in [0.15, 0.2) is 0 Å². The predicted molar refractivity (Wildman–Crippen MR) is 119 cm³/mol. The first-order valence-corrected chi connectivity index (χ1v) is 12.0. The third-order valence-corrected chi connectivity index (χ3v) is 7.12. The van der Waals surface area contributed by atoms with E-state index in [9.17, 15) is 18.0 Å². The minimum Gasteiger partial charge on any atom is -0.464 e. The van der Waals surface area contributed by atoms with Gasteiger partial charge in [-0.2, -0.15) is 4.31 Å². The van der Waals surface area contributed by atoms with Gasteiger partial charge in [0, 0.05) is 25.1 Å². The molecule has 1 heterocycles. The Morgan fingerprint density at radius 2 is 1.81 bits per heavy atom. The summed E-state index contributed by atoms with van der Waals surface area (Å²) in [6.07, 6.45) is 0.260. The molecule has 8 nitrogen and oxygen atoms in total. The van der Waals surface area contributed by atoms with Gasteiger partial charge < -0.3 is 14.8 Å². The van der Waals surface area contributed by atoms with Crippen LogP contribution in [0.3, 0.4) is 0 Å². The fraction of sp³-hybridized carbons (Fsp3) is 0.391. The molecule has 2 aromatic carbocycles. The molecule has 0 radical (unpaired) electrons. The minimum absolute atomic E-state index is 0.0332. The van der Waals surface area contributed by atoms with Crippen LogP contribution in [0.25, 0.3) is 0 Å². The van der Waals surface area contributed by atoms with Gasteiger partial charge in [-0.25, -0.2) is 13.2 Å². The SMILES string of the molecule is CCOC(=O)C(Cc1ccccc1)NC(=O)c1cc(S(=O)(=O)N2CCOCC2)ccc1C. The molecule has 0 spiro atoms. The first-order chi connectivity index (χ1) is 15.3. The average molecular weight is 461 g/mol. The maximum Gasteiger partial charge on any atom is 0.328 e. The molecule has 0 bridgehead atoms. The Bertz CT molecular complexity index is 1050. The lowest BCUT2D eigenvalue weighted by atomic mass is 10.0. The van der Waals surface area contributed by atoms with Crippen molar-refractivity contribution in [3.05, 3.63) is 65.2 Å². The second-order valence-electron chi connectivity index (χ2n) is 7.46. The van der Waals surface area contributed by atoms with E-state index in [4.69, 9.17) is 9.47 Å². The highest BCUT2D eigenvalue weighted by atomic mass is 32.2. The van der Waals surface area contributed by atoms with Gasteiger partial charge in [-0.3, -0.25) is 4.79 Å². The Labute approximate surface area is 188 Å². The van der Waals surface area contributed by atoms with E-state index in [1.165, 1.54) is 16.4 Å².